The Bertz CT molecular complexity index is 1770. The Balaban J connectivity index is 1.40. The van der Waals surface area contributed by atoms with Crippen LogP contribution in [0.1, 0.15) is 23.6 Å². The molecule has 0 aliphatic carbocycles. The van der Waals surface area contributed by atoms with Crippen LogP contribution in [0.5, 0.6) is 0 Å². The zero-order valence-electron chi connectivity index (χ0n) is 18.8. The van der Waals surface area contributed by atoms with Crippen LogP contribution in [0.3, 0.4) is 0 Å². The van der Waals surface area contributed by atoms with Crippen LogP contribution >= 0.6 is 34.5 Å². The van der Waals surface area contributed by atoms with E-state index >= 15 is 0 Å². The van der Waals surface area contributed by atoms with Gasteiger partial charge in [0, 0.05) is 6.42 Å². The number of anilines is 1. The molecule has 0 amide bonds. The van der Waals surface area contributed by atoms with Gasteiger partial charge >= 0.3 is 0 Å². The second-order valence-electron chi connectivity index (χ2n) is 8.65. The summed E-state index contributed by atoms with van der Waals surface area (Å²) in [4.78, 5) is 15.2. The molecule has 0 saturated heterocycles. The monoisotopic (exact) mass is 525 g/mol. The molecule has 174 valence electrons. The SMILES string of the molecule is Clc1ccc(C2=NN(c3nc4nc5ccccc5nc4s3)C(c3cccc4ccccc34)C2)cc1Cl. The molecule has 0 N–H and O–H groups in total. The van der Waals surface area contributed by atoms with Crippen LogP contribution in [-0.2, 0) is 0 Å². The van der Waals surface area contributed by atoms with Crippen molar-refractivity contribution in [2.45, 2.75) is 12.5 Å². The third kappa shape index (κ3) is 3.61. The van der Waals surface area contributed by atoms with E-state index in [2.05, 4.69) is 42.5 Å². The van der Waals surface area contributed by atoms with E-state index in [4.69, 9.17) is 43.3 Å². The van der Waals surface area contributed by atoms with E-state index in [1.54, 1.807) is 0 Å². The van der Waals surface area contributed by atoms with Gasteiger partial charge in [-0.3, -0.25) is 0 Å². The third-order valence-electron chi connectivity index (χ3n) is 6.45. The van der Waals surface area contributed by atoms with Gasteiger partial charge in [-0.15, -0.1) is 0 Å². The third-order valence-corrected chi connectivity index (χ3v) is 8.12. The first-order valence-corrected chi connectivity index (χ1v) is 13.0. The average molecular weight is 526 g/mol. The van der Waals surface area contributed by atoms with Crippen molar-refractivity contribution < 1.29 is 0 Å². The summed E-state index contributed by atoms with van der Waals surface area (Å²) in [5.41, 5.74) is 5.37. The molecule has 36 heavy (non-hydrogen) atoms. The summed E-state index contributed by atoms with van der Waals surface area (Å²) < 4.78 is 0. The molecule has 0 spiro atoms. The fourth-order valence-electron chi connectivity index (χ4n) is 4.73. The molecule has 3 heterocycles. The van der Waals surface area contributed by atoms with Crippen LogP contribution in [0, 0.1) is 0 Å². The van der Waals surface area contributed by atoms with Gasteiger partial charge in [-0.1, -0.05) is 95.2 Å². The highest BCUT2D eigenvalue weighted by Crippen LogP contribution is 2.42. The molecule has 0 fully saturated rings. The molecule has 0 saturated carbocycles. The standard InChI is InChI=1S/C28H17Cl2N5S/c29-20-13-12-17(14-21(20)30)24-15-25(19-9-5-7-16-6-1-2-8-18(16)19)35(34-24)28-33-26-27(36-28)32-23-11-4-3-10-22(23)31-26/h1-14,25H,15H2. The first kappa shape index (κ1) is 21.7. The summed E-state index contributed by atoms with van der Waals surface area (Å²) >= 11 is 14.0. The van der Waals surface area contributed by atoms with Gasteiger partial charge in [0.25, 0.3) is 0 Å². The lowest BCUT2D eigenvalue weighted by Gasteiger charge is -2.22. The Morgan fingerprint density at radius 3 is 2.42 bits per heavy atom. The number of rotatable bonds is 3. The topological polar surface area (TPSA) is 54.3 Å². The molecule has 0 radical (unpaired) electrons. The van der Waals surface area contributed by atoms with Crippen molar-refractivity contribution in [3.8, 4) is 0 Å². The Morgan fingerprint density at radius 1 is 0.778 bits per heavy atom. The van der Waals surface area contributed by atoms with Gasteiger partial charge in [-0.25, -0.2) is 15.0 Å². The largest absolute Gasteiger partial charge is 0.232 e. The normalized spacial score (nSPS) is 15.8. The number of thiazole rings is 1. The molecule has 0 bridgehead atoms. The molecule has 6 aromatic rings. The predicted molar refractivity (Wildman–Crippen MR) is 149 cm³/mol. The van der Waals surface area contributed by atoms with Crippen molar-refractivity contribution in [1.82, 2.24) is 15.0 Å². The van der Waals surface area contributed by atoms with Crippen molar-refractivity contribution in [1.29, 1.82) is 0 Å². The highest BCUT2D eigenvalue weighted by molar-refractivity contribution is 7.21. The van der Waals surface area contributed by atoms with Gasteiger partial charge in [-0.05, 0) is 46.2 Å². The lowest BCUT2D eigenvalue weighted by atomic mass is 9.94. The fourth-order valence-corrected chi connectivity index (χ4v) is 5.93. The molecule has 1 aliphatic rings. The van der Waals surface area contributed by atoms with Crippen LogP contribution in [0.15, 0.2) is 90.0 Å². The lowest BCUT2D eigenvalue weighted by Crippen LogP contribution is -2.18. The number of hydrogen-bond acceptors (Lipinski definition) is 6. The molecule has 5 nitrogen and oxygen atoms in total. The number of fused-ring (bicyclic) bond motifs is 3. The Morgan fingerprint density at radius 2 is 1.56 bits per heavy atom. The maximum Gasteiger partial charge on any atom is 0.210 e. The number of benzene rings is 4. The van der Waals surface area contributed by atoms with E-state index in [1.807, 2.05) is 47.5 Å². The molecule has 1 atom stereocenters. The minimum atomic E-state index is -0.0458. The summed E-state index contributed by atoms with van der Waals surface area (Å²) in [7, 11) is 0. The lowest BCUT2D eigenvalue weighted by molar-refractivity contribution is 0.712. The van der Waals surface area contributed by atoms with Crippen molar-refractivity contribution in [2.75, 3.05) is 5.01 Å². The molecular formula is C28H17Cl2N5S. The number of hydrogen-bond donors (Lipinski definition) is 0. The van der Waals surface area contributed by atoms with E-state index in [9.17, 15) is 0 Å². The van der Waals surface area contributed by atoms with Crippen LogP contribution < -0.4 is 5.01 Å². The zero-order chi connectivity index (χ0) is 24.2. The van der Waals surface area contributed by atoms with E-state index in [0.29, 0.717) is 22.1 Å². The highest BCUT2D eigenvalue weighted by atomic mass is 35.5. The van der Waals surface area contributed by atoms with Crippen LogP contribution in [0.2, 0.25) is 10.0 Å². The van der Waals surface area contributed by atoms with E-state index in [-0.39, 0.29) is 6.04 Å². The second-order valence-corrected chi connectivity index (χ2v) is 10.4. The van der Waals surface area contributed by atoms with E-state index < -0.39 is 0 Å². The van der Waals surface area contributed by atoms with Crippen LogP contribution in [-0.4, -0.2) is 20.7 Å². The van der Waals surface area contributed by atoms with Gasteiger partial charge < -0.3 is 0 Å². The molecule has 4 aromatic carbocycles. The Labute approximate surface area is 220 Å². The maximum absolute atomic E-state index is 6.35. The minimum Gasteiger partial charge on any atom is -0.232 e. The number of para-hydroxylation sites is 2. The summed E-state index contributed by atoms with van der Waals surface area (Å²) in [6.07, 6.45) is 0.699. The van der Waals surface area contributed by atoms with Crippen molar-refractivity contribution in [3.63, 3.8) is 0 Å². The van der Waals surface area contributed by atoms with Gasteiger partial charge in [0.1, 0.15) is 0 Å². The second kappa shape index (κ2) is 8.52. The number of nitrogens with zero attached hydrogens (tertiary/aromatic N) is 5. The maximum atomic E-state index is 6.35. The number of halogens is 2. The number of hydrazone groups is 1. The van der Waals surface area contributed by atoms with E-state index in [0.717, 1.165) is 32.3 Å². The Hall–Kier alpha value is -3.58. The van der Waals surface area contributed by atoms with Crippen LogP contribution in [0.25, 0.3) is 32.3 Å². The number of aromatic nitrogens is 3. The molecule has 8 heteroatoms. The first-order valence-electron chi connectivity index (χ1n) is 11.5. The van der Waals surface area contributed by atoms with Crippen molar-refractivity contribution in [2.24, 2.45) is 5.10 Å². The van der Waals surface area contributed by atoms with E-state index in [1.165, 1.54) is 27.7 Å². The molecule has 2 aromatic heterocycles. The zero-order valence-corrected chi connectivity index (χ0v) is 21.1. The molecule has 1 unspecified atom stereocenters. The Kier molecular flexibility index (Phi) is 5.13. The first-order chi connectivity index (χ1) is 17.6. The minimum absolute atomic E-state index is 0.0458. The van der Waals surface area contributed by atoms with Gasteiger partial charge in [0.05, 0.1) is 32.8 Å². The summed E-state index contributed by atoms with van der Waals surface area (Å²) in [5.74, 6) is 0. The molecule has 1 aliphatic heterocycles. The fraction of sp³-hybridized carbons (Fsp3) is 0.0714. The molecule has 7 rings (SSSR count). The summed E-state index contributed by atoms with van der Waals surface area (Å²) in [6.45, 7) is 0. The summed E-state index contributed by atoms with van der Waals surface area (Å²) in [6, 6.07) is 28.3. The molecular weight excluding hydrogens is 509 g/mol. The van der Waals surface area contributed by atoms with Crippen molar-refractivity contribution in [3.05, 3.63) is 106 Å². The quantitative estimate of drug-likeness (QED) is 0.234. The average Bonchev–Trinajstić information content (AvgIpc) is 3.53. The highest BCUT2D eigenvalue weighted by Gasteiger charge is 2.33. The summed E-state index contributed by atoms with van der Waals surface area (Å²) in [5, 5.41) is 11.3. The van der Waals surface area contributed by atoms with Gasteiger partial charge in [0.2, 0.25) is 5.13 Å². The van der Waals surface area contributed by atoms with Crippen LogP contribution in [0.4, 0.5) is 5.13 Å². The predicted octanol–water partition coefficient (Wildman–Crippen LogP) is 8.06. The van der Waals surface area contributed by atoms with Gasteiger partial charge in [-0.2, -0.15) is 10.1 Å². The smallest absolute Gasteiger partial charge is 0.210 e. The van der Waals surface area contributed by atoms with Crippen molar-refractivity contribution >= 4 is 77.7 Å². The van der Waals surface area contributed by atoms with Gasteiger partial charge in [0.15, 0.2) is 10.5 Å².